The third-order valence-electron chi connectivity index (χ3n) is 4.65. The lowest BCUT2D eigenvalue weighted by Crippen LogP contribution is -2.20. The molecule has 0 fully saturated rings. The fourth-order valence-electron chi connectivity index (χ4n) is 3.08. The van der Waals surface area contributed by atoms with Gasteiger partial charge in [-0.2, -0.15) is 0 Å². The summed E-state index contributed by atoms with van der Waals surface area (Å²) >= 11 is 0. The van der Waals surface area contributed by atoms with Crippen LogP contribution in [-0.4, -0.2) is 21.5 Å². The number of aryl methyl sites for hydroxylation is 2. The molecule has 29 heavy (non-hydrogen) atoms. The molecule has 3 rings (SSSR count). The first-order chi connectivity index (χ1) is 14.0. The quantitative estimate of drug-likeness (QED) is 0.347. The molecule has 0 spiro atoms. The molecule has 0 unspecified atom stereocenters. The van der Waals surface area contributed by atoms with Crippen molar-refractivity contribution < 1.29 is 14.7 Å². The van der Waals surface area contributed by atoms with Gasteiger partial charge in [-0.05, 0) is 31.5 Å². The molecule has 1 aromatic heterocycles. The van der Waals surface area contributed by atoms with E-state index in [1.807, 2.05) is 37.3 Å². The summed E-state index contributed by atoms with van der Waals surface area (Å²) in [5, 5.41) is 21.2. The number of carbonyl (C=O) groups is 2. The van der Waals surface area contributed by atoms with Crippen LogP contribution in [0.5, 0.6) is 5.88 Å². The Hall–Kier alpha value is -3.48. The number of nitrogens with one attached hydrogen (secondary N) is 1. The van der Waals surface area contributed by atoms with Crippen molar-refractivity contribution in [3.63, 3.8) is 0 Å². The molecule has 2 aromatic carbocycles. The lowest BCUT2D eigenvalue weighted by Gasteiger charge is -2.05. The molecule has 7 nitrogen and oxygen atoms in total. The highest BCUT2D eigenvalue weighted by Crippen LogP contribution is 2.39. The van der Waals surface area contributed by atoms with Crippen LogP contribution in [0.1, 0.15) is 31.7 Å². The molecule has 2 amide bonds. The molecular formula is C22H24N4O3. The van der Waals surface area contributed by atoms with Gasteiger partial charge in [0.1, 0.15) is 0 Å². The number of para-hydroxylation sites is 1. The number of benzene rings is 2. The maximum Gasteiger partial charge on any atom is 0.353 e. The van der Waals surface area contributed by atoms with Gasteiger partial charge in [-0.15, -0.1) is 10.2 Å². The molecule has 0 aliphatic carbocycles. The summed E-state index contributed by atoms with van der Waals surface area (Å²) in [4.78, 5) is 24.2. The van der Waals surface area contributed by atoms with Crippen molar-refractivity contribution in [2.24, 2.45) is 10.2 Å². The minimum atomic E-state index is -1.03. The molecule has 0 atom stereocenters. The Balaban J connectivity index is 1.80. The van der Waals surface area contributed by atoms with Crippen LogP contribution in [0.2, 0.25) is 0 Å². The van der Waals surface area contributed by atoms with E-state index in [1.54, 1.807) is 22.8 Å². The molecule has 150 valence electrons. The Morgan fingerprint density at radius 2 is 1.79 bits per heavy atom. The van der Waals surface area contributed by atoms with Crippen molar-refractivity contribution in [2.45, 2.75) is 39.7 Å². The number of anilines is 1. The van der Waals surface area contributed by atoms with Crippen LogP contribution in [0.3, 0.4) is 0 Å². The van der Waals surface area contributed by atoms with Gasteiger partial charge in [-0.25, -0.2) is 0 Å². The van der Waals surface area contributed by atoms with Crippen LogP contribution in [0.15, 0.2) is 58.8 Å². The maximum atomic E-state index is 12.1. The molecule has 7 heteroatoms. The monoisotopic (exact) mass is 392 g/mol. The van der Waals surface area contributed by atoms with Gasteiger partial charge in [-0.3, -0.25) is 9.59 Å². The number of aromatic hydroxyl groups is 1. The number of hydrogen-bond donors (Lipinski definition) is 2. The summed E-state index contributed by atoms with van der Waals surface area (Å²) in [6.07, 6.45) is 3.02. The predicted molar refractivity (Wildman–Crippen MR) is 112 cm³/mol. The van der Waals surface area contributed by atoms with Crippen molar-refractivity contribution in [3.8, 4) is 5.88 Å². The summed E-state index contributed by atoms with van der Waals surface area (Å²) in [6, 6.07) is 14.4. The number of hydrogen-bond acceptors (Lipinski definition) is 4. The van der Waals surface area contributed by atoms with E-state index in [2.05, 4.69) is 22.5 Å². The molecule has 0 aliphatic heterocycles. The number of unbranched alkanes of at least 4 members (excludes halogenated alkanes) is 2. The van der Waals surface area contributed by atoms with Crippen molar-refractivity contribution in [1.29, 1.82) is 0 Å². The Kier molecular flexibility index (Phi) is 6.39. The second kappa shape index (κ2) is 9.14. The van der Waals surface area contributed by atoms with E-state index in [9.17, 15) is 14.7 Å². The average molecular weight is 392 g/mol. The van der Waals surface area contributed by atoms with Crippen LogP contribution >= 0.6 is 0 Å². The van der Waals surface area contributed by atoms with E-state index in [4.69, 9.17) is 0 Å². The summed E-state index contributed by atoms with van der Waals surface area (Å²) in [7, 11) is 0. The molecule has 0 saturated heterocycles. The van der Waals surface area contributed by atoms with E-state index in [0.717, 1.165) is 30.3 Å². The molecular weight excluding hydrogens is 368 g/mol. The summed E-state index contributed by atoms with van der Waals surface area (Å²) in [5.41, 5.74) is 2.54. The zero-order valence-corrected chi connectivity index (χ0v) is 16.6. The number of amides is 2. The SMILES string of the molecule is CCCCCn1c(O)c(N=NC(=O)C(=O)Nc2ccc(C)cc2)c2ccccc21. The van der Waals surface area contributed by atoms with Gasteiger partial charge in [0.15, 0.2) is 5.69 Å². The molecule has 0 saturated carbocycles. The van der Waals surface area contributed by atoms with Gasteiger partial charge in [0.2, 0.25) is 5.88 Å². The number of rotatable bonds is 6. The highest BCUT2D eigenvalue weighted by atomic mass is 16.3. The van der Waals surface area contributed by atoms with Crippen molar-refractivity contribution in [3.05, 3.63) is 54.1 Å². The molecule has 0 radical (unpaired) electrons. The standard InChI is InChI=1S/C22H24N4O3/c1-3-4-7-14-26-18-9-6-5-8-17(18)19(22(26)29)24-25-21(28)20(27)23-16-12-10-15(2)11-13-16/h5-6,8-13,29H,3-4,7,14H2,1-2H3,(H,23,27). The second-order valence-corrected chi connectivity index (χ2v) is 6.87. The predicted octanol–water partition coefficient (Wildman–Crippen LogP) is 5.09. The third kappa shape index (κ3) is 4.68. The van der Waals surface area contributed by atoms with Crippen molar-refractivity contribution in [2.75, 3.05) is 5.32 Å². The highest BCUT2D eigenvalue weighted by molar-refractivity contribution is 6.40. The number of carbonyl (C=O) groups excluding carboxylic acids is 2. The van der Waals surface area contributed by atoms with Crippen LogP contribution < -0.4 is 5.32 Å². The third-order valence-corrected chi connectivity index (χ3v) is 4.65. The van der Waals surface area contributed by atoms with E-state index >= 15 is 0 Å². The lowest BCUT2D eigenvalue weighted by molar-refractivity contribution is -0.134. The summed E-state index contributed by atoms with van der Waals surface area (Å²) in [5.74, 6) is -1.98. The minimum Gasteiger partial charge on any atom is -0.493 e. The number of aromatic nitrogens is 1. The number of fused-ring (bicyclic) bond motifs is 1. The molecule has 1 heterocycles. The van der Waals surface area contributed by atoms with Gasteiger partial charge < -0.3 is 15.0 Å². The lowest BCUT2D eigenvalue weighted by atomic mass is 10.2. The maximum absolute atomic E-state index is 12.1. The molecule has 0 bridgehead atoms. The summed E-state index contributed by atoms with van der Waals surface area (Å²) < 4.78 is 1.76. The first-order valence-electron chi connectivity index (χ1n) is 9.65. The first-order valence-corrected chi connectivity index (χ1v) is 9.65. The topological polar surface area (TPSA) is 96.0 Å². The molecule has 0 aliphatic rings. The van der Waals surface area contributed by atoms with Crippen molar-refractivity contribution in [1.82, 2.24) is 4.57 Å². The van der Waals surface area contributed by atoms with Crippen LogP contribution in [0.25, 0.3) is 10.9 Å². The highest BCUT2D eigenvalue weighted by Gasteiger charge is 2.18. The molecule has 2 N–H and O–H groups in total. The van der Waals surface area contributed by atoms with Gasteiger partial charge in [0.05, 0.1) is 5.52 Å². The van der Waals surface area contributed by atoms with Gasteiger partial charge in [-0.1, -0.05) is 55.7 Å². The fourth-order valence-corrected chi connectivity index (χ4v) is 3.08. The van der Waals surface area contributed by atoms with E-state index in [1.165, 1.54) is 0 Å². The summed E-state index contributed by atoms with van der Waals surface area (Å²) in [6.45, 7) is 4.67. The largest absolute Gasteiger partial charge is 0.493 e. The number of nitrogens with zero attached hydrogens (tertiary/aromatic N) is 3. The Morgan fingerprint density at radius 1 is 1.07 bits per heavy atom. The minimum absolute atomic E-state index is 0.0576. The van der Waals surface area contributed by atoms with Crippen LogP contribution in [0.4, 0.5) is 11.4 Å². The zero-order valence-electron chi connectivity index (χ0n) is 16.6. The van der Waals surface area contributed by atoms with E-state index in [0.29, 0.717) is 17.6 Å². The van der Waals surface area contributed by atoms with Crippen LogP contribution in [0, 0.1) is 6.92 Å². The normalized spacial score (nSPS) is 11.2. The average Bonchev–Trinajstić information content (AvgIpc) is 2.99. The van der Waals surface area contributed by atoms with E-state index < -0.39 is 11.8 Å². The second-order valence-electron chi connectivity index (χ2n) is 6.87. The van der Waals surface area contributed by atoms with E-state index in [-0.39, 0.29) is 11.6 Å². The number of azo groups is 1. The van der Waals surface area contributed by atoms with Gasteiger partial charge >= 0.3 is 11.8 Å². The fraction of sp³-hybridized carbons (Fsp3) is 0.273. The van der Waals surface area contributed by atoms with Crippen LogP contribution in [-0.2, 0) is 16.1 Å². The smallest absolute Gasteiger partial charge is 0.353 e. The Bertz CT molecular complexity index is 1050. The Morgan fingerprint density at radius 3 is 2.52 bits per heavy atom. The molecule has 3 aromatic rings. The zero-order chi connectivity index (χ0) is 20.8. The first kappa shape index (κ1) is 20.3. The van der Waals surface area contributed by atoms with Crippen molar-refractivity contribution >= 4 is 34.1 Å². The van der Waals surface area contributed by atoms with Gasteiger partial charge in [0, 0.05) is 17.6 Å². The van der Waals surface area contributed by atoms with Gasteiger partial charge in [0.25, 0.3) is 0 Å². The Labute approximate surface area is 169 Å².